The number of phenolic OH excluding ortho intramolecular Hbond substituents is 1. The number of ether oxygens (including phenoxy) is 1. The van der Waals surface area contributed by atoms with Crippen molar-refractivity contribution in [3.63, 3.8) is 0 Å². The number of benzene rings is 2. The van der Waals surface area contributed by atoms with Gasteiger partial charge in [0.15, 0.2) is 11.5 Å². The van der Waals surface area contributed by atoms with Crippen LogP contribution < -0.4 is 4.74 Å². The second-order valence-electron chi connectivity index (χ2n) is 3.75. The fourth-order valence-corrected chi connectivity index (χ4v) is 1.53. The van der Waals surface area contributed by atoms with Crippen molar-refractivity contribution >= 4 is 11.9 Å². The average Bonchev–Trinajstić information content (AvgIpc) is 2.41. The monoisotopic (exact) mass is 263 g/mol. The second-order valence-corrected chi connectivity index (χ2v) is 3.75. The molecule has 0 radical (unpaired) electrons. The van der Waals surface area contributed by atoms with Gasteiger partial charge >= 0.3 is 0 Å². The molecular weight excluding hydrogens is 252 g/mol. The van der Waals surface area contributed by atoms with Crippen molar-refractivity contribution in [2.45, 2.75) is 0 Å². The van der Waals surface area contributed by atoms with Gasteiger partial charge in [0.2, 0.25) is 0 Å². The van der Waals surface area contributed by atoms with Crippen LogP contribution in [0.5, 0.6) is 11.5 Å². The number of aromatic hydroxyl groups is 1. The summed E-state index contributed by atoms with van der Waals surface area (Å²) in [7, 11) is 1.42. The van der Waals surface area contributed by atoms with E-state index in [1.807, 2.05) is 0 Å². The van der Waals surface area contributed by atoms with E-state index in [0.29, 0.717) is 5.56 Å². The molecule has 0 aliphatic carbocycles. The molecule has 0 unspecified atom stereocenters. The largest absolute Gasteiger partial charge is 0.504 e. The Labute approximate surface area is 108 Å². The molecule has 98 valence electrons. The first kappa shape index (κ1) is 13.0. The molecule has 2 aromatic rings. The van der Waals surface area contributed by atoms with Crippen LogP contribution in [0.2, 0.25) is 0 Å². The summed E-state index contributed by atoms with van der Waals surface area (Å²) in [5.74, 6) is -1.04. The molecule has 0 aliphatic heterocycles. The minimum absolute atomic E-state index is 0.106. The van der Waals surface area contributed by atoms with Crippen LogP contribution in [-0.2, 0) is 0 Å². The summed E-state index contributed by atoms with van der Waals surface area (Å²) in [6, 6.07) is 7.80. The standard InChI is InChI=1S/C14H11F2NO2/c1-19-13-4-2-3-9(14(13)18)8-17-12-7-10(15)5-6-11(12)16/h2-8,18H,1H3. The van der Waals surface area contributed by atoms with Crippen molar-refractivity contribution in [2.24, 2.45) is 4.99 Å². The van der Waals surface area contributed by atoms with Crippen LogP contribution in [0.25, 0.3) is 0 Å². The van der Waals surface area contributed by atoms with Crippen LogP contribution in [0.4, 0.5) is 14.5 Å². The van der Waals surface area contributed by atoms with E-state index >= 15 is 0 Å². The molecule has 0 bridgehead atoms. The molecule has 3 nitrogen and oxygen atoms in total. The van der Waals surface area contributed by atoms with Crippen LogP contribution >= 0.6 is 0 Å². The molecule has 1 N–H and O–H groups in total. The van der Waals surface area contributed by atoms with E-state index in [4.69, 9.17) is 4.74 Å². The maximum atomic E-state index is 13.4. The molecule has 19 heavy (non-hydrogen) atoms. The third kappa shape index (κ3) is 2.88. The first-order valence-corrected chi connectivity index (χ1v) is 5.47. The SMILES string of the molecule is COc1cccc(C=Nc2cc(F)ccc2F)c1O. The molecule has 0 aliphatic rings. The zero-order valence-corrected chi connectivity index (χ0v) is 10.1. The van der Waals surface area contributed by atoms with Crippen LogP contribution in [-0.4, -0.2) is 18.4 Å². The maximum Gasteiger partial charge on any atom is 0.166 e. The van der Waals surface area contributed by atoms with Crippen molar-refractivity contribution in [1.29, 1.82) is 0 Å². The van der Waals surface area contributed by atoms with E-state index in [-0.39, 0.29) is 17.2 Å². The summed E-state index contributed by atoms with van der Waals surface area (Å²) in [5, 5.41) is 9.81. The highest BCUT2D eigenvalue weighted by Crippen LogP contribution is 2.28. The first-order chi connectivity index (χ1) is 9.11. The molecule has 0 fully saturated rings. The highest BCUT2D eigenvalue weighted by atomic mass is 19.1. The van der Waals surface area contributed by atoms with Gasteiger partial charge in [0.1, 0.15) is 17.3 Å². The maximum absolute atomic E-state index is 13.4. The fraction of sp³-hybridized carbons (Fsp3) is 0.0714. The number of hydrogen-bond donors (Lipinski definition) is 1. The lowest BCUT2D eigenvalue weighted by Gasteiger charge is -2.04. The molecule has 2 aromatic carbocycles. The van der Waals surface area contributed by atoms with E-state index in [2.05, 4.69) is 4.99 Å². The molecule has 0 heterocycles. The van der Waals surface area contributed by atoms with Gasteiger partial charge in [-0.05, 0) is 24.3 Å². The molecule has 0 spiro atoms. The Balaban J connectivity index is 2.35. The van der Waals surface area contributed by atoms with Crippen molar-refractivity contribution in [1.82, 2.24) is 0 Å². The lowest BCUT2D eigenvalue weighted by molar-refractivity contribution is 0.373. The van der Waals surface area contributed by atoms with Crippen molar-refractivity contribution in [2.75, 3.05) is 7.11 Å². The topological polar surface area (TPSA) is 41.8 Å². The van der Waals surface area contributed by atoms with E-state index in [9.17, 15) is 13.9 Å². The highest BCUT2D eigenvalue weighted by molar-refractivity contribution is 5.86. The van der Waals surface area contributed by atoms with Gasteiger partial charge in [-0.25, -0.2) is 8.78 Å². The lowest BCUT2D eigenvalue weighted by Crippen LogP contribution is -1.88. The van der Waals surface area contributed by atoms with Crippen molar-refractivity contribution in [3.8, 4) is 11.5 Å². The Morgan fingerprint density at radius 1 is 1.21 bits per heavy atom. The molecule has 0 atom stereocenters. The van der Waals surface area contributed by atoms with Crippen LogP contribution in [0, 0.1) is 11.6 Å². The Kier molecular flexibility index (Phi) is 3.75. The lowest BCUT2D eigenvalue weighted by atomic mass is 10.2. The highest BCUT2D eigenvalue weighted by Gasteiger charge is 2.06. The third-order valence-corrected chi connectivity index (χ3v) is 2.50. The molecule has 0 saturated carbocycles. The first-order valence-electron chi connectivity index (χ1n) is 5.47. The van der Waals surface area contributed by atoms with Gasteiger partial charge in [0.05, 0.1) is 7.11 Å². The number of para-hydroxylation sites is 1. The minimum atomic E-state index is -0.639. The smallest absolute Gasteiger partial charge is 0.166 e. The minimum Gasteiger partial charge on any atom is -0.504 e. The van der Waals surface area contributed by atoms with Gasteiger partial charge in [-0.15, -0.1) is 0 Å². The molecule has 2 rings (SSSR count). The van der Waals surface area contributed by atoms with Crippen molar-refractivity contribution in [3.05, 3.63) is 53.6 Å². The van der Waals surface area contributed by atoms with Gasteiger partial charge in [-0.3, -0.25) is 4.99 Å². The van der Waals surface area contributed by atoms with Crippen LogP contribution in [0.1, 0.15) is 5.56 Å². The van der Waals surface area contributed by atoms with Crippen LogP contribution in [0.3, 0.4) is 0 Å². The Hall–Kier alpha value is -2.43. The summed E-state index contributed by atoms with van der Waals surface area (Å²) in [6.07, 6.45) is 1.25. The average molecular weight is 263 g/mol. The zero-order chi connectivity index (χ0) is 13.8. The number of phenols is 1. The molecular formula is C14H11F2NO2. The van der Waals surface area contributed by atoms with Gasteiger partial charge in [-0.2, -0.15) is 0 Å². The molecule has 0 amide bonds. The third-order valence-electron chi connectivity index (χ3n) is 2.50. The number of halogens is 2. The molecule has 0 aromatic heterocycles. The summed E-state index contributed by atoms with van der Waals surface area (Å²) in [5.41, 5.74) is 0.213. The van der Waals surface area contributed by atoms with E-state index in [0.717, 1.165) is 18.2 Å². The van der Waals surface area contributed by atoms with E-state index in [1.165, 1.54) is 13.3 Å². The van der Waals surface area contributed by atoms with Crippen molar-refractivity contribution < 1.29 is 18.6 Å². The van der Waals surface area contributed by atoms with Gasteiger partial charge in [0, 0.05) is 17.8 Å². The predicted octanol–water partition coefficient (Wildman–Crippen LogP) is 3.43. The summed E-state index contributed by atoms with van der Waals surface area (Å²) in [6.45, 7) is 0. The fourth-order valence-electron chi connectivity index (χ4n) is 1.53. The van der Waals surface area contributed by atoms with Gasteiger partial charge in [0.25, 0.3) is 0 Å². The number of nitrogens with zero attached hydrogens (tertiary/aromatic N) is 1. The second kappa shape index (κ2) is 5.48. The predicted molar refractivity (Wildman–Crippen MR) is 68.3 cm³/mol. The quantitative estimate of drug-likeness (QED) is 0.862. The van der Waals surface area contributed by atoms with Gasteiger partial charge < -0.3 is 9.84 Å². The number of hydrogen-bond acceptors (Lipinski definition) is 3. The zero-order valence-electron chi connectivity index (χ0n) is 10.1. The van der Waals surface area contributed by atoms with E-state index < -0.39 is 11.6 Å². The molecule has 5 heteroatoms. The Morgan fingerprint density at radius 3 is 2.74 bits per heavy atom. The normalized spacial score (nSPS) is 10.9. The van der Waals surface area contributed by atoms with Gasteiger partial charge in [-0.1, -0.05) is 6.07 Å². The summed E-state index contributed by atoms with van der Waals surface area (Å²) < 4.78 is 31.2. The number of aliphatic imine (C=N–C) groups is 1. The number of rotatable bonds is 3. The van der Waals surface area contributed by atoms with Crippen LogP contribution in [0.15, 0.2) is 41.4 Å². The Morgan fingerprint density at radius 2 is 2.00 bits per heavy atom. The summed E-state index contributed by atoms with van der Waals surface area (Å²) in [4.78, 5) is 3.82. The molecule has 0 saturated heterocycles. The summed E-state index contributed by atoms with van der Waals surface area (Å²) >= 11 is 0. The van der Waals surface area contributed by atoms with E-state index in [1.54, 1.807) is 18.2 Å². The number of methoxy groups -OCH3 is 1. The Bertz CT molecular complexity index is 627.